The molecule has 2 N–H and O–H groups in total. The standard InChI is InChI=1S/C12H16ClNO2/c1-3-8-12(2,11(15)16)14-10-6-4-9(13)5-7-10/h4-7,14H,3,8H2,1-2H3,(H,15,16). The molecule has 0 spiro atoms. The Morgan fingerprint density at radius 3 is 2.44 bits per heavy atom. The topological polar surface area (TPSA) is 49.3 Å². The van der Waals surface area contributed by atoms with Gasteiger partial charge in [-0.3, -0.25) is 0 Å². The number of hydrogen-bond acceptors (Lipinski definition) is 2. The van der Waals surface area contributed by atoms with Crippen molar-refractivity contribution in [3.63, 3.8) is 0 Å². The van der Waals surface area contributed by atoms with Crippen LogP contribution in [-0.2, 0) is 4.79 Å². The molecule has 0 saturated heterocycles. The van der Waals surface area contributed by atoms with Crippen molar-refractivity contribution in [2.75, 3.05) is 5.32 Å². The number of benzene rings is 1. The van der Waals surface area contributed by atoms with Crippen molar-refractivity contribution in [2.45, 2.75) is 32.2 Å². The molecule has 1 aromatic carbocycles. The van der Waals surface area contributed by atoms with Gasteiger partial charge in [-0.15, -0.1) is 0 Å². The average Bonchev–Trinajstić information content (AvgIpc) is 2.22. The van der Waals surface area contributed by atoms with Crippen LogP contribution in [0.4, 0.5) is 5.69 Å². The lowest BCUT2D eigenvalue weighted by atomic mass is 9.96. The van der Waals surface area contributed by atoms with E-state index in [9.17, 15) is 9.90 Å². The van der Waals surface area contributed by atoms with Crippen LogP contribution in [-0.4, -0.2) is 16.6 Å². The maximum absolute atomic E-state index is 11.2. The number of halogens is 1. The van der Waals surface area contributed by atoms with E-state index in [1.165, 1.54) is 0 Å². The van der Waals surface area contributed by atoms with Crippen molar-refractivity contribution in [3.05, 3.63) is 29.3 Å². The maximum Gasteiger partial charge on any atom is 0.329 e. The molecule has 4 heteroatoms. The summed E-state index contributed by atoms with van der Waals surface area (Å²) in [5, 5.41) is 12.9. The van der Waals surface area contributed by atoms with E-state index in [2.05, 4.69) is 5.32 Å². The fourth-order valence-electron chi connectivity index (χ4n) is 1.57. The number of anilines is 1. The summed E-state index contributed by atoms with van der Waals surface area (Å²) >= 11 is 5.76. The first-order valence-electron chi connectivity index (χ1n) is 5.25. The van der Waals surface area contributed by atoms with Gasteiger partial charge < -0.3 is 10.4 Å². The fourth-order valence-corrected chi connectivity index (χ4v) is 1.70. The van der Waals surface area contributed by atoms with Crippen molar-refractivity contribution >= 4 is 23.3 Å². The Labute approximate surface area is 100 Å². The number of aliphatic carboxylic acids is 1. The quantitative estimate of drug-likeness (QED) is 0.831. The minimum atomic E-state index is -0.928. The zero-order valence-electron chi connectivity index (χ0n) is 9.46. The van der Waals surface area contributed by atoms with Gasteiger partial charge in [0.2, 0.25) is 0 Å². The van der Waals surface area contributed by atoms with E-state index in [4.69, 9.17) is 11.6 Å². The van der Waals surface area contributed by atoms with Crippen LogP contribution in [0.3, 0.4) is 0 Å². The van der Waals surface area contributed by atoms with Crippen molar-refractivity contribution < 1.29 is 9.90 Å². The number of hydrogen-bond donors (Lipinski definition) is 2. The Balaban J connectivity index is 2.83. The highest BCUT2D eigenvalue weighted by Crippen LogP contribution is 2.21. The molecule has 0 aliphatic carbocycles. The minimum absolute atomic E-state index is 0.574. The van der Waals surface area contributed by atoms with E-state index in [0.717, 1.165) is 12.1 Å². The van der Waals surface area contributed by atoms with Gasteiger partial charge in [-0.1, -0.05) is 24.9 Å². The van der Waals surface area contributed by atoms with Crippen LogP contribution in [0.1, 0.15) is 26.7 Å². The molecular weight excluding hydrogens is 226 g/mol. The Hall–Kier alpha value is -1.22. The highest BCUT2D eigenvalue weighted by molar-refractivity contribution is 6.30. The predicted octanol–water partition coefficient (Wildman–Crippen LogP) is 3.40. The van der Waals surface area contributed by atoms with Gasteiger partial charge in [0.25, 0.3) is 0 Å². The first-order valence-corrected chi connectivity index (χ1v) is 5.63. The van der Waals surface area contributed by atoms with Gasteiger partial charge in [-0.2, -0.15) is 0 Å². The minimum Gasteiger partial charge on any atom is -0.480 e. The number of nitrogens with one attached hydrogen (secondary N) is 1. The van der Waals surface area contributed by atoms with Gasteiger partial charge in [-0.25, -0.2) is 4.79 Å². The molecule has 1 atom stereocenters. The summed E-state index contributed by atoms with van der Waals surface area (Å²) in [6.45, 7) is 3.65. The number of carboxylic acids is 1. The molecule has 0 radical (unpaired) electrons. The maximum atomic E-state index is 11.2. The SMILES string of the molecule is CCCC(C)(Nc1ccc(Cl)cc1)C(=O)O. The third-order valence-electron chi connectivity index (χ3n) is 2.49. The van der Waals surface area contributed by atoms with E-state index in [0.29, 0.717) is 11.4 Å². The van der Waals surface area contributed by atoms with Crippen LogP contribution >= 0.6 is 11.6 Å². The van der Waals surface area contributed by atoms with Crippen LogP contribution in [0.15, 0.2) is 24.3 Å². The molecule has 16 heavy (non-hydrogen) atoms. The molecule has 3 nitrogen and oxygen atoms in total. The molecule has 0 aromatic heterocycles. The number of rotatable bonds is 5. The van der Waals surface area contributed by atoms with E-state index >= 15 is 0 Å². The van der Waals surface area contributed by atoms with E-state index in [1.807, 2.05) is 6.92 Å². The second-order valence-corrected chi connectivity index (χ2v) is 4.46. The molecule has 0 heterocycles. The first kappa shape index (κ1) is 12.8. The summed E-state index contributed by atoms with van der Waals surface area (Å²) in [5.74, 6) is -0.843. The monoisotopic (exact) mass is 241 g/mol. The largest absolute Gasteiger partial charge is 0.480 e. The van der Waals surface area contributed by atoms with Gasteiger partial charge in [0.05, 0.1) is 0 Å². The molecule has 0 bridgehead atoms. The first-order chi connectivity index (χ1) is 7.48. The second-order valence-electron chi connectivity index (χ2n) is 4.02. The third-order valence-corrected chi connectivity index (χ3v) is 2.74. The average molecular weight is 242 g/mol. The summed E-state index contributed by atoms with van der Waals surface area (Å²) < 4.78 is 0. The molecule has 1 rings (SSSR count). The van der Waals surface area contributed by atoms with Crippen LogP contribution in [0, 0.1) is 0 Å². The van der Waals surface area contributed by atoms with Crippen molar-refractivity contribution in [1.82, 2.24) is 0 Å². The summed E-state index contributed by atoms with van der Waals surface area (Å²) in [6, 6.07) is 7.02. The molecule has 0 aliphatic rings. The summed E-state index contributed by atoms with van der Waals surface area (Å²) in [4.78, 5) is 11.2. The Bertz CT molecular complexity index is 364. The zero-order chi connectivity index (χ0) is 12.2. The van der Waals surface area contributed by atoms with Crippen LogP contribution in [0.5, 0.6) is 0 Å². The van der Waals surface area contributed by atoms with Crippen LogP contribution in [0.2, 0.25) is 5.02 Å². The van der Waals surface area contributed by atoms with Crippen molar-refractivity contribution in [2.24, 2.45) is 0 Å². The van der Waals surface area contributed by atoms with Gasteiger partial charge in [-0.05, 0) is 37.6 Å². The molecule has 1 unspecified atom stereocenters. The normalized spacial score (nSPS) is 14.2. The lowest BCUT2D eigenvalue weighted by Gasteiger charge is -2.27. The third kappa shape index (κ3) is 3.14. The zero-order valence-corrected chi connectivity index (χ0v) is 10.2. The highest BCUT2D eigenvalue weighted by atomic mass is 35.5. The lowest BCUT2D eigenvalue weighted by Crippen LogP contribution is -2.43. The number of carbonyl (C=O) groups is 1. The van der Waals surface area contributed by atoms with Gasteiger partial charge in [0.15, 0.2) is 0 Å². The Kier molecular flexibility index (Phi) is 4.19. The van der Waals surface area contributed by atoms with Gasteiger partial charge in [0.1, 0.15) is 5.54 Å². The summed E-state index contributed by atoms with van der Waals surface area (Å²) in [6.07, 6.45) is 1.38. The van der Waals surface area contributed by atoms with Crippen LogP contribution < -0.4 is 5.32 Å². The van der Waals surface area contributed by atoms with E-state index in [-0.39, 0.29) is 0 Å². The Morgan fingerprint density at radius 1 is 1.44 bits per heavy atom. The lowest BCUT2D eigenvalue weighted by molar-refractivity contribution is -0.141. The molecule has 0 aliphatic heterocycles. The van der Waals surface area contributed by atoms with Gasteiger partial charge >= 0.3 is 5.97 Å². The molecular formula is C12H16ClNO2. The molecule has 1 aromatic rings. The highest BCUT2D eigenvalue weighted by Gasteiger charge is 2.31. The van der Waals surface area contributed by atoms with Crippen molar-refractivity contribution in [3.8, 4) is 0 Å². The smallest absolute Gasteiger partial charge is 0.329 e. The number of carboxylic acid groups (broad SMARTS) is 1. The molecule has 0 saturated carbocycles. The summed E-state index contributed by atoms with van der Waals surface area (Å²) in [7, 11) is 0. The fraction of sp³-hybridized carbons (Fsp3) is 0.417. The molecule has 0 amide bonds. The second kappa shape index (κ2) is 5.21. The molecule has 88 valence electrons. The van der Waals surface area contributed by atoms with E-state index in [1.54, 1.807) is 31.2 Å². The predicted molar refractivity (Wildman–Crippen MR) is 66.0 cm³/mol. The summed E-state index contributed by atoms with van der Waals surface area (Å²) in [5.41, 5.74) is -0.162. The van der Waals surface area contributed by atoms with E-state index < -0.39 is 11.5 Å². The van der Waals surface area contributed by atoms with Crippen LogP contribution in [0.25, 0.3) is 0 Å². The van der Waals surface area contributed by atoms with Crippen molar-refractivity contribution in [1.29, 1.82) is 0 Å². The van der Waals surface area contributed by atoms with Gasteiger partial charge in [0, 0.05) is 10.7 Å². The Morgan fingerprint density at radius 2 is 2.00 bits per heavy atom. The molecule has 0 fully saturated rings.